The number of fused-ring (bicyclic) bond motifs is 4. The van der Waals surface area contributed by atoms with Crippen LogP contribution >= 0.6 is 29.0 Å². The molecule has 0 bridgehead atoms. The maximum Gasteiger partial charge on any atom is 0.530 e. The summed E-state index contributed by atoms with van der Waals surface area (Å²) in [6.07, 6.45) is 2.11. The second kappa shape index (κ2) is 21.2. The van der Waals surface area contributed by atoms with E-state index in [4.69, 9.17) is 27.1 Å². The molecule has 9 heteroatoms. The number of hydrogen-bond acceptors (Lipinski definition) is 7. The Balaban J connectivity index is 1.43. The average molecular weight is 1120 g/mol. The van der Waals surface area contributed by atoms with Crippen molar-refractivity contribution in [2.45, 2.75) is 254 Å². The largest absolute Gasteiger partial charge is 0.530 e. The van der Waals surface area contributed by atoms with Gasteiger partial charge in [0.25, 0.3) is 0 Å². The zero-order chi connectivity index (χ0) is 58.6. The maximum atomic E-state index is 7.42. The molecule has 6 nitrogen and oxygen atoms in total. The van der Waals surface area contributed by atoms with Gasteiger partial charge in [-0.25, -0.2) is 0 Å². The minimum absolute atomic E-state index is 0.0399. The van der Waals surface area contributed by atoms with Crippen molar-refractivity contribution in [2.24, 2.45) is 0 Å². The minimum Gasteiger partial charge on any atom is -0.417 e. The standard InChI is InChI=1S/C69H98O6P2S/c1-40-29-48(78-28)30-43(39-70-76-72-58-49(31-44(62(4,5)6)35-53(58)66(16,17)18)41(2)50-32-45(63(7,8)9)36-54(59(50)73-76)67(19,20)21)57(40)71-77-74-60-51(33-46(64(10,11)12)37-55(60)68(22,23)24)42(3)52-34-47(65(13,14)15)38-56(61(52)75-77)69(25,26)27/h29-38,41-42H,39H2,1-28H3. The van der Waals surface area contributed by atoms with Gasteiger partial charge < -0.3 is 22.6 Å². The SMILES string of the molecule is CSc1cc(C)c(OP2Oc3c(cc(C(C)(C)C)cc3C(C)(C)C)C(C)c3cc(C(C)(C)C)cc(C(C)(C)C)c3O2)c(COP2Oc3c(cc(C(C)(C)C)cc3C(C)(C)C)C(C)c3cc(C(C)(C)C)cc(C(C)(C)C)c3O2)c1. The Bertz CT molecular complexity index is 2890. The van der Waals surface area contributed by atoms with Crippen molar-refractivity contribution in [3.05, 3.63) is 139 Å². The molecule has 5 aromatic rings. The lowest BCUT2D eigenvalue weighted by Crippen LogP contribution is -2.23. The van der Waals surface area contributed by atoms with E-state index in [9.17, 15) is 0 Å². The van der Waals surface area contributed by atoms with Gasteiger partial charge in [0.05, 0.1) is 6.61 Å². The summed E-state index contributed by atoms with van der Waals surface area (Å²) in [6.45, 7) is 61.8. The Morgan fingerprint density at radius 3 is 0.936 bits per heavy atom. The molecule has 0 spiro atoms. The molecule has 7 rings (SSSR count). The molecule has 0 unspecified atom stereocenters. The Kier molecular flexibility index (Phi) is 16.8. The van der Waals surface area contributed by atoms with E-state index >= 15 is 0 Å². The van der Waals surface area contributed by atoms with Gasteiger partial charge in [-0.15, -0.1) is 11.8 Å². The second-order valence-corrected chi connectivity index (χ2v) is 33.8. The van der Waals surface area contributed by atoms with Gasteiger partial charge in [-0.2, -0.15) is 0 Å². The Morgan fingerprint density at radius 1 is 0.397 bits per heavy atom. The Hall–Kier alpha value is -3.73. The van der Waals surface area contributed by atoms with E-state index in [0.717, 1.165) is 83.5 Å². The summed E-state index contributed by atoms with van der Waals surface area (Å²) in [5.41, 5.74) is 14.6. The van der Waals surface area contributed by atoms with Crippen LogP contribution in [0.15, 0.2) is 65.6 Å². The van der Waals surface area contributed by atoms with Crippen molar-refractivity contribution in [2.75, 3.05) is 6.26 Å². The van der Waals surface area contributed by atoms with E-state index in [0.29, 0.717) is 5.75 Å². The van der Waals surface area contributed by atoms with E-state index in [1.165, 1.54) is 22.3 Å². The zero-order valence-electron chi connectivity index (χ0n) is 53.4. The first kappa shape index (κ1) is 61.9. The van der Waals surface area contributed by atoms with Crippen LogP contribution in [0, 0.1) is 6.92 Å². The summed E-state index contributed by atoms with van der Waals surface area (Å²) in [5.74, 6) is 3.90. The van der Waals surface area contributed by atoms with E-state index in [2.05, 4.69) is 254 Å². The normalized spacial score (nSPS) is 18.6. The topological polar surface area (TPSA) is 55.4 Å². The molecular weight excluding hydrogens is 1020 g/mol. The van der Waals surface area contributed by atoms with Crippen molar-refractivity contribution >= 4 is 29.0 Å². The van der Waals surface area contributed by atoms with Gasteiger partial charge in [0.1, 0.15) is 28.7 Å². The lowest BCUT2D eigenvalue weighted by atomic mass is 9.74. The van der Waals surface area contributed by atoms with Gasteiger partial charge in [0, 0.05) is 66.8 Å². The molecule has 0 saturated carbocycles. The van der Waals surface area contributed by atoms with Crippen LogP contribution in [-0.2, 0) is 54.5 Å². The minimum atomic E-state index is -2.12. The summed E-state index contributed by atoms with van der Waals surface area (Å²) < 4.78 is 44.2. The summed E-state index contributed by atoms with van der Waals surface area (Å²) in [7, 11) is -4.17. The average Bonchev–Trinajstić information content (AvgIpc) is 3.29. The summed E-state index contributed by atoms with van der Waals surface area (Å²) in [5, 5.41) is 0. The van der Waals surface area contributed by atoms with Crippen LogP contribution in [0.2, 0.25) is 0 Å². The first-order chi connectivity index (χ1) is 35.4. The molecule has 0 radical (unpaired) electrons. The van der Waals surface area contributed by atoms with E-state index in [1.54, 1.807) is 11.8 Å². The highest BCUT2D eigenvalue weighted by Gasteiger charge is 2.41. The molecule has 0 N–H and O–H groups in total. The third-order valence-corrected chi connectivity index (χ3v) is 18.5. The van der Waals surface area contributed by atoms with Crippen molar-refractivity contribution in [3.63, 3.8) is 0 Å². The molecule has 0 saturated heterocycles. The van der Waals surface area contributed by atoms with Crippen molar-refractivity contribution < 1.29 is 27.1 Å². The molecule has 0 aromatic heterocycles. The molecule has 0 amide bonds. The van der Waals surface area contributed by atoms with Crippen molar-refractivity contribution in [3.8, 4) is 28.7 Å². The smallest absolute Gasteiger partial charge is 0.417 e. The van der Waals surface area contributed by atoms with Gasteiger partial charge >= 0.3 is 17.2 Å². The molecular formula is C69H98O6P2S. The molecule has 2 aliphatic heterocycles. The fourth-order valence-electron chi connectivity index (χ4n) is 10.4. The summed E-state index contributed by atoms with van der Waals surface area (Å²) in [6, 6.07) is 23.3. The predicted molar refractivity (Wildman–Crippen MR) is 335 cm³/mol. The second-order valence-electron chi connectivity index (χ2n) is 30.8. The number of benzene rings is 5. The molecule has 0 fully saturated rings. The molecule has 0 aliphatic carbocycles. The predicted octanol–water partition coefficient (Wildman–Crippen LogP) is 21.7. The molecule has 78 heavy (non-hydrogen) atoms. The van der Waals surface area contributed by atoms with Crippen LogP contribution in [0.3, 0.4) is 0 Å². The van der Waals surface area contributed by atoms with Gasteiger partial charge in [0.15, 0.2) is 0 Å². The van der Waals surface area contributed by atoms with E-state index in [-0.39, 0.29) is 61.8 Å². The highest BCUT2D eigenvalue weighted by Crippen LogP contribution is 2.59. The number of thioether (sulfide) groups is 1. The van der Waals surface area contributed by atoms with Gasteiger partial charge in [0.2, 0.25) is 0 Å². The number of aryl methyl sites for hydroxylation is 1. The highest BCUT2D eigenvalue weighted by molar-refractivity contribution is 7.98. The molecule has 2 heterocycles. The number of rotatable bonds is 6. The third kappa shape index (κ3) is 13.1. The lowest BCUT2D eigenvalue weighted by Gasteiger charge is -2.36. The first-order valence-corrected chi connectivity index (χ1v) is 31.9. The van der Waals surface area contributed by atoms with Gasteiger partial charge in [-0.3, -0.25) is 4.52 Å². The Morgan fingerprint density at radius 2 is 0.679 bits per heavy atom. The van der Waals surface area contributed by atoms with E-state index in [1.807, 2.05) is 0 Å². The van der Waals surface area contributed by atoms with Gasteiger partial charge in [-0.05, 0) is 96.4 Å². The van der Waals surface area contributed by atoms with Crippen LogP contribution < -0.4 is 22.6 Å². The van der Waals surface area contributed by atoms with Crippen molar-refractivity contribution in [1.29, 1.82) is 0 Å². The first-order valence-electron chi connectivity index (χ1n) is 28.5. The monoisotopic (exact) mass is 1120 g/mol. The van der Waals surface area contributed by atoms with E-state index < -0.39 is 17.2 Å². The molecule has 5 aromatic carbocycles. The zero-order valence-corrected chi connectivity index (χ0v) is 56.0. The molecule has 2 aliphatic rings. The maximum absolute atomic E-state index is 7.42. The molecule has 0 atom stereocenters. The summed E-state index contributed by atoms with van der Waals surface area (Å²) in [4.78, 5) is 1.09. The molecule has 426 valence electrons. The summed E-state index contributed by atoms with van der Waals surface area (Å²) >= 11 is 1.69. The van der Waals surface area contributed by atoms with Crippen LogP contribution in [-0.4, -0.2) is 6.26 Å². The van der Waals surface area contributed by atoms with Crippen LogP contribution in [0.4, 0.5) is 0 Å². The van der Waals surface area contributed by atoms with Crippen LogP contribution in [0.25, 0.3) is 0 Å². The van der Waals surface area contributed by atoms with Crippen LogP contribution in [0.1, 0.15) is 270 Å². The quantitative estimate of drug-likeness (QED) is 0.124. The fraction of sp³-hybridized carbons (Fsp3) is 0.565. The highest BCUT2D eigenvalue weighted by atomic mass is 32.2. The lowest BCUT2D eigenvalue weighted by molar-refractivity contribution is 0.248. The number of hydrogen-bond donors (Lipinski definition) is 0. The van der Waals surface area contributed by atoms with Crippen LogP contribution in [0.5, 0.6) is 28.7 Å². The third-order valence-electron chi connectivity index (χ3n) is 15.7. The Labute approximate surface area is 480 Å². The van der Waals surface area contributed by atoms with Crippen molar-refractivity contribution in [1.82, 2.24) is 0 Å². The fourth-order valence-corrected chi connectivity index (χ4v) is 13.3. The van der Waals surface area contributed by atoms with Gasteiger partial charge in [-0.1, -0.05) is 229 Å².